The van der Waals surface area contributed by atoms with Crippen molar-refractivity contribution in [1.29, 1.82) is 0 Å². The van der Waals surface area contributed by atoms with Gasteiger partial charge in [-0.1, -0.05) is 51.8 Å². The molecule has 0 saturated heterocycles. The van der Waals surface area contributed by atoms with Crippen LogP contribution in [0.15, 0.2) is 59.3 Å². The Kier molecular flexibility index (Phi) is 4.01. The summed E-state index contributed by atoms with van der Waals surface area (Å²) in [5.74, 6) is 5.86. The van der Waals surface area contributed by atoms with Crippen LogP contribution < -0.4 is 11.3 Å². The van der Waals surface area contributed by atoms with Gasteiger partial charge >= 0.3 is 0 Å². The highest BCUT2D eigenvalue weighted by atomic mass is 79.9. The van der Waals surface area contributed by atoms with Gasteiger partial charge in [0.25, 0.3) is 0 Å². The molecular weight excluding hydrogens is 326 g/mol. The average Bonchev–Trinajstić information content (AvgIpc) is 2.51. The lowest BCUT2D eigenvalue weighted by Gasteiger charge is -2.20. The number of nitrogens with one attached hydrogen (secondary N) is 1. The number of nitrogens with zero attached hydrogens (tertiary/aromatic N) is 1. The van der Waals surface area contributed by atoms with Crippen molar-refractivity contribution >= 4 is 26.7 Å². The number of hydrazine groups is 1. The summed E-state index contributed by atoms with van der Waals surface area (Å²) in [4.78, 5) is 4.24. The molecule has 21 heavy (non-hydrogen) atoms. The molecule has 1 heterocycles. The SMILES string of the molecule is Cc1ccc(Br)c(C(NN)c2cccc3ccncc23)c1. The molecule has 0 radical (unpaired) electrons. The molecular formula is C17H16BrN3. The second kappa shape index (κ2) is 5.93. The van der Waals surface area contributed by atoms with Gasteiger partial charge in [-0.3, -0.25) is 10.8 Å². The van der Waals surface area contributed by atoms with Gasteiger partial charge in [-0.2, -0.15) is 0 Å². The molecule has 0 saturated carbocycles. The van der Waals surface area contributed by atoms with Gasteiger partial charge in [0.1, 0.15) is 0 Å². The standard InChI is InChI=1S/C17H16BrN3/c1-11-5-6-16(18)14(9-11)17(21-19)13-4-2-3-12-7-8-20-10-15(12)13/h2-10,17,21H,19H2,1H3. The smallest absolute Gasteiger partial charge is 0.0727 e. The van der Waals surface area contributed by atoms with Gasteiger partial charge in [0.2, 0.25) is 0 Å². The zero-order chi connectivity index (χ0) is 14.8. The van der Waals surface area contributed by atoms with Crippen molar-refractivity contribution in [2.24, 2.45) is 5.84 Å². The summed E-state index contributed by atoms with van der Waals surface area (Å²) >= 11 is 3.62. The van der Waals surface area contributed by atoms with Gasteiger partial charge in [-0.15, -0.1) is 0 Å². The summed E-state index contributed by atoms with van der Waals surface area (Å²) in [7, 11) is 0. The first-order valence-corrected chi connectivity index (χ1v) is 7.55. The van der Waals surface area contributed by atoms with Crippen molar-refractivity contribution in [2.45, 2.75) is 13.0 Å². The lowest BCUT2D eigenvalue weighted by molar-refractivity contribution is 0.638. The normalized spacial score (nSPS) is 12.5. The Morgan fingerprint density at radius 1 is 1.14 bits per heavy atom. The fourth-order valence-electron chi connectivity index (χ4n) is 2.62. The fourth-order valence-corrected chi connectivity index (χ4v) is 3.10. The van der Waals surface area contributed by atoms with Crippen molar-refractivity contribution in [1.82, 2.24) is 10.4 Å². The number of aromatic nitrogens is 1. The van der Waals surface area contributed by atoms with E-state index >= 15 is 0 Å². The third kappa shape index (κ3) is 2.70. The monoisotopic (exact) mass is 341 g/mol. The maximum atomic E-state index is 5.86. The molecule has 1 unspecified atom stereocenters. The minimum atomic E-state index is -0.0906. The van der Waals surface area contributed by atoms with Gasteiger partial charge in [0, 0.05) is 22.3 Å². The Balaban J connectivity index is 2.21. The van der Waals surface area contributed by atoms with Crippen molar-refractivity contribution < 1.29 is 0 Å². The summed E-state index contributed by atoms with van der Waals surface area (Å²) in [6.07, 6.45) is 3.69. The molecule has 0 aliphatic heterocycles. The molecule has 0 aliphatic carbocycles. The number of halogens is 1. The van der Waals surface area contributed by atoms with Crippen LogP contribution in [0.3, 0.4) is 0 Å². The molecule has 0 bridgehead atoms. The number of fused-ring (bicyclic) bond motifs is 1. The van der Waals surface area contributed by atoms with Crippen LogP contribution in [0.5, 0.6) is 0 Å². The van der Waals surface area contributed by atoms with Crippen LogP contribution in [0.1, 0.15) is 22.7 Å². The Labute approximate surface area is 132 Å². The van der Waals surface area contributed by atoms with E-state index < -0.39 is 0 Å². The number of nitrogens with two attached hydrogens (primary N) is 1. The maximum absolute atomic E-state index is 5.86. The Morgan fingerprint density at radius 2 is 2.00 bits per heavy atom. The van der Waals surface area contributed by atoms with Crippen LogP contribution in [0, 0.1) is 6.92 Å². The number of benzene rings is 2. The molecule has 0 spiro atoms. The minimum Gasteiger partial charge on any atom is -0.271 e. The van der Waals surface area contributed by atoms with E-state index in [-0.39, 0.29) is 6.04 Å². The molecule has 3 nitrogen and oxygen atoms in total. The number of pyridine rings is 1. The molecule has 106 valence electrons. The fraction of sp³-hybridized carbons (Fsp3) is 0.118. The summed E-state index contributed by atoms with van der Waals surface area (Å²) < 4.78 is 1.04. The van der Waals surface area contributed by atoms with Gasteiger partial charge < -0.3 is 0 Å². The van der Waals surface area contributed by atoms with Gasteiger partial charge in [0.15, 0.2) is 0 Å². The van der Waals surface area contributed by atoms with Crippen LogP contribution in [0.2, 0.25) is 0 Å². The summed E-state index contributed by atoms with van der Waals surface area (Å²) in [6, 6.07) is 14.4. The Hall–Kier alpha value is -1.75. The molecule has 0 fully saturated rings. The van der Waals surface area contributed by atoms with Gasteiger partial charge in [-0.05, 0) is 35.6 Å². The topological polar surface area (TPSA) is 50.9 Å². The molecule has 2 aromatic carbocycles. The molecule has 3 rings (SSSR count). The summed E-state index contributed by atoms with van der Waals surface area (Å²) in [6.45, 7) is 2.08. The predicted octanol–water partition coefficient (Wildman–Crippen LogP) is 3.86. The maximum Gasteiger partial charge on any atom is 0.0727 e. The van der Waals surface area contributed by atoms with Gasteiger partial charge in [0.05, 0.1) is 6.04 Å². The van der Waals surface area contributed by atoms with E-state index in [1.54, 1.807) is 6.20 Å². The van der Waals surface area contributed by atoms with Gasteiger partial charge in [-0.25, -0.2) is 5.43 Å². The Morgan fingerprint density at radius 3 is 2.81 bits per heavy atom. The zero-order valence-electron chi connectivity index (χ0n) is 11.7. The first-order chi connectivity index (χ1) is 10.2. The van der Waals surface area contributed by atoms with E-state index in [0.717, 1.165) is 26.4 Å². The number of hydrogen-bond acceptors (Lipinski definition) is 3. The Bertz CT molecular complexity index is 781. The molecule has 3 N–H and O–H groups in total. The van der Waals surface area contributed by atoms with E-state index in [0.29, 0.717) is 0 Å². The minimum absolute atomic E-state index is 0.0906. The van der Waals surface area contributed by atoms with E-state index in [2.05, 4.69) is 63.6 Å². The lowest BCUT2D eigenvalue weighted by atomic mass is 9.94. The van der Waals surface area contributed by atoms with Crippen LogP contribution in [0.25, 0.3) is 10.8 Å². The lowest BCUT2D eigenvalue weighted by Crippen LogP contribution is -2.29. The first-order valence-electron chi connectivity index (χ1n) is 6.75. The molecule has 1 atom stereocenters. The molecule has 1 aromatic heterocycles. The number of aryl methyl sites for hydroxylation is 1. The summed E-state index contributed by atoms with van der Waals surface area (Å²) in [5.41, 5.74) is 6.38. The third-order valence-electron chi connectivity index (χ3n) is 3.66. The number of hydrogen-bond donors (Lipinski definition) is 2. The third-order valence-corrected chi connectivity index (χ3v) is 4.38. The van der Waals surface area contributed by atoms with Crippen LogP contribution in [-0.4, -0.2) is 4.98 Å². The van der Waals surface area contributed by atoms with E-state index in [1.165, 1.54) is 5.56 Å². The largest absolute Gasteiger partial charge is 0.271 e. The van der Waals surface area contributed by atoms with Crippen molar-refractivity contribution in [2.75, 3.05) is 0 Å². The van der Waals surface area contributed by atoms with Crippen LogP contribution in [0.4, 0.5) is 0 Å². The van der Waals surface area contributed by atoms with Crippen LogP contribution >= 0.6 is 15.9 Å². The first kappa shape index (κ1) is 14.2. The highest BCUT2D eigenvalue weighted by Gasteiger charge is 2.17. The van der Waals surface area contributed by atoms with E-state index in [9.17, 15) is 0 Å². The van der Waals surface area contributed by atoms with Crippen molar-refractivity contribution in [3.63, 3.8) is 0 Å². The predicted molar refractivity (Wildman–Crippen MR) is 89.8 cm³/mol. The van der Waals surface area contributed by atoms with E-state index in [4.69, 9.17) is 5.84 Å². The van der Waals surface area contributed by atoms with Crippen molar-refractivity contribution in [3.8, 4) is 0 Å². The number of rotatable bonds is 3. The molecule has 3 aromatic rings. The average molecular weight is 342 g/mol. The van der Waals surface area contributed by atoms with E-state index in [1.807, 2.05) is 18.3 Å². The van der Waals surface area contributed by atoms with Crippen LogP contribution in [-0.2, 0) is 0 Å². The molecule has 0 aliphatic rings. The molecule has 0 amide bonds. The van der Waals surface area contributed by atoms with Crippen molar-refractivity contribution in [3.05, 3.63) is 76.0 Å². The quantitative estimate of drug-likeness (QED) is 0.561. The highest BCUT2D eigenvalue weighted by Crippen LogP contribution is 2.32. The highest BCUT2D eigenvalue weighted by molar-refractivity contribution is 9.10. The zero-order valence-corrected chi connectivity index (χ0v) is 13.3. The molecule has 4 heteroatoms. The second-order valence-electron chi connectivity index (χ2n) is 5.07. The summed E-state index contributed by atoms with van der Waals surface area (Å²) in [5, 5.41) is 2.27. The second-order valence-corrected chi connectivity index (χ2v) is 5.92.